The molecule has 1 aromatic carbocycles. The standard InChI is InChI=1S/C16H22N2O/c1-2-19-16-5-3-4-13(10-16)18-14-6-11-7-15(18)9-12(8-14)17-11/h3-5,10-12,14-15,17H,2,6-9H2,1H3. The number of nitrogens with zero attached hydrogens (tertiary/aromatic N) is 1. The summed E-state index contributed by atoms with van der Waals surface area (Å²) in [6.45, 7) is 2.78. The molecular weight excluding hydrogens is 236 g/mol. The predicted octanol–water partition coefficient (Wildman–Crippen LogP) is 2.56. The fraction of sp³-hybridized carbons (Fsp3) is 0.625. The molecule has 0 unspecified atom stereocenters. The van der Waals surface area contributed by atoms with Crippen molar-refractivity contribution in [1.82, 2.24) is 5.32 Å². The van der Waals surface area contributed by atoms with Crippen molar-refractivity contribution >= 4 is 5.69 Å². The van der Waals surface area contributed by atoms with Gasteiger partial charge in [0.25, 0.3) is 0 Å². The second-order valence-electron chi connectivity index (χ2n) is 6.15. The average Bonchev–Trinajstić information content (AvgIpc) is 2.38. The van der Waals surface area contributed by atoms with E-state index in [-0.39, 0.29) is 0 Å². The van der Waals surface area contributed by atoms with Gasteiger partial charge in [0.1, 0.15) is 5.75 Å². The van der Waals surface area contributed by atoms with Crippen molar-refractivity contribution in [2.24, 2.45) is 0 Å². The number of ether oxygens (including phenoxy) is 1. The normalized spacial score (nSPS) is 35.7. The Labute approximate surface area is 114 Å². The third-order valence-corrected chi connectivity index (χ3v) is 4.91. The Balaban J connectivity index is 1.63. The minimum absolute atomic E-state index is 0.737. The van der Waals surface area contributed by atoms with Gasteiger partial charge in [0, 0.05) is 35.9 Å². The van der Waals surface area contributed by atoms with Gasteiger partial charge in [0.05, 0.1) is 6.61 Å². The third-order valence-electron chi connectivity index (χ3n) is 4.91. The van der Waals surface area contributed by atoms with Crippen LogP contribution in [-0.4, -0.2) is 30.8 Å². The first-order chi connectivity index (χ1) is 9.33. The Kier molecular flexibility index (Phi) is 2.69. The lowest BCUT2D eigenvalue weighted by atomic mass is 9.74. The smallest absolute Gasteiger partial charge is 0.121 e. The van der Waals surface area contributed by atoms with Crippen molar-refractivity contribution in [2.75, 3.05) is 11.5 Å². The summed E-state index contributed by atoms with van der Waals surface area (Å²) < 4.78 is 5.65. The van der Waals surface area contributed by atoms with E-state index in [4.69, 9.17) is 4.74 Å². The van der Waals surface area contributed by atoms with E-state index in [0.29, 0.717) is 0 Å². The highest BCUT2D eigenvalue weighted by Crippen LogP contribution is 2.42. The summed E-state index contributed by atoms with van der Waals surface area (Å²) >= 11 is 0. The molecule has 4 bridgehead atoms. The second-order valence-corrected chi connectivity index (χ2v) is 6.15. The van der Waals surface area contributed by atoms with Gasteiger partial charge in [-0.25, -0.2) is 0 Å². The Morgan fingerprint density at radius 2 is 1.84 bits per heavy atom. The van der Waals surface area contributed by atoms with Gasteiger partial charge < -0.3 is 15.0 Å². The Morgan fingerprint density at radius 3 is 2.47 bits per heavy atom. The van der Waals surface area contributed by atoms with Crippen LogP contribution in [0.25, 0.3) is 0 Å². The van der Waals surface area contributed by atoms with Crippen LogP contribution in [0.4, 0.5) is 5.69 Å². The Bertz CT molecular complexity index is 446. The lowest BCUT2D eigenvalue weighted by Gasteiger charge is -2.58. The maximum absolute atomic E-state index is 5.65. The van der Waals surface area contributed by atoms with E-state index in [1.165, 1.54) is 31.4 Å². The first-order valence-corrected chi connectivity index (χ1v) is 7.60. The predicted molar refractivity (Wildman–Crippen MR) is 76.8 cm³/mol. The average molecular weight is 258 g/mol. The third kappa shape index (κ3) is 1.91. The molecule has 1 N–H and O–H groups in total. The number of piperidine rings is 4. The van der Waals surface area contributed by atoms with Crippen LogP contribution in [0.3, 0.4) is 0 Å². The van der Waals surface area contributed by atoms with E-state index >= 15 is 0 Å². The molecule has 0 spiro atoms. The van der Waals surface area contributed by atoms with Gasteiger partial charge in [0.2, 0.25) is 0 Å². The van der Waals surface area contributed by atoms with E-state index in [0.717, 1.165) is 36.5 Å². The lowest BCUT2D eigenvalue weighted by Crippen LogP contribution is -2.67. The number of nitrogens with one attached hydrogen (secondary N) is 1. The van der Waals surface area contributed by atoms with E-state index in [2.05, 4.69) is 34.5 Å². The highest BCUT2D eigenvalue weighted by atomic mass is 16.5. The first-order valence-electron chi connectivity index (χ1n) is 7.60. The molecule has 4 aliphatic rings. The van der Waals surface area contributed by atoms with Crippen LogP contribution in [-0.2, 0) is 0 Å². The summed E-state index contributed by atoms with van der Waals surface area (Å²) in [6.07, 6.45) is 5.25. The number of rotatable bonds is 3. The molecule has 1 aromatic rings. The molecule has 0 amide bonds. The zero-order valence-electron chi connectivity index (χ0n) is 11.5. The Morgan fingerprint density at radius 1 is 1.16 bits per heavy atom. The number of anilines is 1. The van der Waals surface area contributed by atoms with Crippen molar-refractivity contribution in [3.05, 3.63) is 24.3 Å². The monoisotopic (exact) mass is 258 g/mol. The highest BCUT2D eigenvalue weighted by Gasteiger charge is 2.46. The molecule has 0 aromatic heterocycles. The summed E-state index contributed by atoms with van der Waals surface area (Å²) in [6, 6.07) is 11.7. The molecular formula is C16H22N2O. The fourth-order valence-corrected chi connectivity index (χ4v) is 4.38. The van der Waals surface area contributed by atoms with Crippen LogP contribution in [0.15, 0.2) is 24.3 Å². The molecule has 4 aliphatic heterocycles. The van der Waals surface area contributed by atoms with Crippen LogP contribution in [0.2, 0.25) is 0 Å². The fourth-order valence-electron chi connectivity index (χ4n) is 4.38. The second kappa shape index (κ2) is 4.41. The van der Waals surface area contributed by atoms with Crippen molar-refractivity contribution in [3.8, 4) is 5.75 Å². The molecule has 102 valence electrons. The van der Waals surface area contributed by atoms with Gasteiger partial charge in [-0.2, -0.15) is 0 Å². The van der Waals surface area contributed by atoms with Crippen molar-refractivity contribution in [1.29, 1.82) is 0 Å². The van der Waals surface area contributed by atoms with Gasteiger partial charge >= 0.3 is 0 Å². The first kappa shape index (κ1) is 11.6. The molecule has 0 aliphatic carbocycles. The van der Waals surface area contributed by atoms with Crippen LogP contribution >= 0.6 is 0 Å². The van der Waals surface area contributed by atoms with Crippen LogP contribution in [0, 0.1) is 0 Å². The van der Waals surface area contributed by atoms with Gasteiger partial charge in [-0.3, -0.25) is 0 Å². The molecule has 19 heavy (non-hydrogen) atoms. The van der Waals surface area contributed by atoms with E-state index in [9.17, 15) is 0 Å². The topological polar surface area (TPSA) is 24.5 Å². The van der Waals surface area contributed by atoms with E-state index in [1.807, 2.05) is 6.92 Å². The summed E-state index contributed by atoms with van der Waals surface area (Å²) in [5, 5.41) is 3.77. The molecule has 0 saturated carbocycles. The molecule has 0 atom stereocenters. The van der Waals surface area contributed by atoms with Crippen molar-refractivity contribution in [2.45, 2.75) is 56.8 Å². The number of hydrogen-bond donors (Lipinski definition) is 1. The molecule has 4 saturated heterocycles. The summed E-state index contributed by atoms with van der Waals surface area (Å²) in [4.78, 5) is 2.68. The zero-order chi connectivity index (χ0) is 12.8. The molecule has 5 rings (SSSR count). The maximum atomic E-state index is 5.65. The van der Waals surface area contributed by atoms with Gasteiger partial charge in [-0.1, -0.05) is 6.07 Å². The van der Waals surface area contributed by atoms with Crippen LogP contribution in [0.5, 0.6) is 5.75 Å². The molecule has 3 heteroatoms. The Hall–Kier alpha value is -1.22. The largest absolute Gasteiger partial charge is 0.494 e. The summed E-state index contributed by atoms with van der Waals surface area (Å²) in [7, 11) is 0. The van der Waals surface area contributed by atoms with Gasteiger partial charge in [-0.05, 0) is 44.7 Å². The summed E-state index contributed by atoms with van der Waals surface area (Å²) in [5.41, 5.74) is 1.36. The van der Waals surface area contributed by atoms with E-state index in [1.54, 1.807) is 0 Å². The van der Waals surface area contributed by atoms with E-state index < -0.39 is 0 Å². The molecule has 4 heterocycles. The van der Waals surface area contributed by atoms with Crippen molar-refractivity contribution < 1.29 is 4.74 Å². The number of hydrogen-bond acceptors (Lipinski definition) is 3. The lowest BCUT2D eigenvalue weighted by molar-refractivity contribution is 0.135. The molecule has 4 fully saturated rings. The number of benzene rings is 1. The van der Waals surface area contributed by atoms with Crippen molar-refractivity contribution in [3.63, 3.8) is 0 Å². The molecule has 0 radical (unpaired) electrons. The highest BCUT2D eigenvalue weighted by molar-refractivity contribution is 5.54. The maximum Gasteiger partial charge on any atom is 0.121 e. The minimum Gasteiger partial charge on any atom is -0.494 e. The van der Waals surface area contributed by atoms with Gasteiger partial charge in [0.15, 0.2) is 0 Å². The van der Waals surface area contributed by atoms with Crippen LogP contribution < -0.4 is 15.0 Å². The summed E-state index contributed by atoms with van der Waals surface area (Å²) in [5.74, 6) is 1.01. The quantitative estimate of drug-likeness (QED) is 0.902. The SMILES string of the molecule is CCOc1cccc(N2C3CC4CC2CC(C3)N4)c1. The van der Waals surface area contributed by atoms with Gasteiger partial charge in [-0.15, -0.1) is 0 Å². The zero-order valence-corrected chi connectivity index (χ0v) is 11.5. The van der Waals surface area contributed by atoms with Crippen LogP contribution in [0.1, 0.15) is 32.6 Å². The molecule has 3 nitrogen and oxygen atoms in total. The minimum atomic E-state index is 0.737.